The second kappa shape index (κ2) is 11.9. The van der Waals surface area contributed by atoms with E-state index in [1.165, 1.54) is 31.9 Å². The van der Waals surface area contributed by atoms with Crippen LogP contribution >= 0.6 is 0 Å². The highest BCUT2D eigenvalue weighted by Gasteiger charge is 2.45. The molecule has 0 amide bonds. The van der Waals surface area contributed by atoms with Gasteiger partial charge in [-0.05, 0) is 67.3 Å². The van der Waals surface area contributed by atoms with Gasteiger partial charge in [-0.25, -0.2) is 8.42 Å². The van der Waals surface area contributed by atoms with Crippen molar-refractivity contribution in [3.8, 4) is 17.4 Å². The summed E-state index contributed by atoms with van der Waals surface area (Å²) < 4.78 is 39.2. The average Bonchev–Trinajstić information content (AvgIpc) is 3.48. The molecule has 0 spiro atoms. The van der Waals surface area contributed by atoms with Crippen molar-refractivity contribution in [1.82, 2.24) is 4.72 Å². The summed E-state index contributed by atoms with van der Waals surface area (Å²) in [5, 5.41) is 51.6. The minimum absolute atomic E-state index is 0.00713. The van der Waals surface area contributed by atoms with Gasteiger partial charge in [0.1, 0.15) is 41.9 Å². The number of hydrogen-bond acceptors (Lipinski definition) is 10. The predicted molar refractivity (Wildman–Crippen MR) is 152 cm³/mol. The van der Waals surface area contributed by atoms with Crippen LogP contribution in [0.2, 0.25) is 0 Å². The molecule has 0 saturated carbocycles. The van der Waals surface area contributed by atoms with E-state index in [1.807, 2.05) is 22.9 Å². The lowest BCUT2D eigenvalue weighted by molar-refractivity contribution is -0.251. The van der Waals surface area contributed by atoms with Gasteiger partial charge >= 0.3 is 0 Å². The molecular formula is C29H33N3O8S. The Hall–Kier alpha value is -3.28. The van der Waals surface area contributed by atoms with E-state index in [0.717, 1.165) is 29.4 Å². The third kappa shape index (κ3) is 5.89. The first-order valence-corrected chi connectivity index (χ1v) is 14.9. The molecule has 41 heavy (non-hydrogen) atoms. The van der Waals surface area contributed by atoms with Gasteiger partial charge in [-0.15, -0.1) is 0 Å². The molecule has 0 radical (unpaired) electrons. The smallest absolute Gasteiger partial charge is 0.251 e. The number of piperidine rings is 1. The van der Waals surface area contributed by atoms with Gasteiger partial charge < -0.3 is 34.5 Å². The van der Waals surface area contributed by atoms with Gasteiger partial charge in [0.15, 0.2) is 11.2 Å². The van der Waals surface area contributed by atoms with E-state index < -0.39 is 52.2 Å². The summed E-state index contributed by atoms with van der Waals surface area (Å²) in [7, 11) is -4.60. The number of furan rings is 1. The number of sulfonamides is 1. The van der Waals surface area contributed by atoms with Gasteiger partial charge in [-0.1, -0.05) is 18.2 Å². The Labute approximate surface area is 237 Å². The van der Waals surface area contributed by atoms with Crippen molar-refractivity contribution in [2.45, 2.75) is 56.8 Å². The number of fused-ring (bicyclic) bond motifs is 1. The minimum Gasteiger partial charge on any atom is -0.456 e. The molecule has 5 N–H and O–H groups in total. The van der Waals surface area contributed by atoms with E-state index in [9.17, 15) is 34.1 Å². The van der Waals surface area contributed by atoms with E-state index >= 15 is 0 Å². The van der Waals surface area contributed by atoms with Crippen LogP contribution in [0.1, 0.15) is 31.9 Å². The normalized spacial score (nSPS) is 26.0. The number of rotatable bonds is 7. The Kier molecular flexibility index (Phi) is 8.49. The zero-order valence-corrected chi connectivity index (χ0v) is 23.3. The molecule has 5 rings (SSSR count). The molecule has 3 heterocycles. The van der Waals surface area contributed by atoms with Crippen LogP contribution in [0.15, 0.2) is 57.9 Å². The average molecular weight is 584 g/mol. The summed E-state index contributed by atoms with van der Waals surface area (Å²) in [4.78, 5) is 1.71. The fourth-order valence-corrected chi connectivity index (χ4v) is 6.71. The fourth-order valence-electron chi connectivity index (χ4n) is 5.35. The Morgan fingerprint density at radius 2 is 1.73 bits per heavy atom. The molecule has 5 atom stereocenters. The first-order valence-electron chi connectivity index (χ1n) is 13.5. The van der Waals surface area contributed by atoms with Crippen molar-refractivity contribution in [2.24, 2.45) is 0 Å². The number of nitriles is 1. The maximum Gasteiger partial charge on any atom is 0.251 e. The molecule has 0 aliphatic carbocycles. The highest BCUT2D eigenvalue weighted by Crippen LogP contribution is 2.32. The maximum absolute atomic E-state index is 13.1. The van der Waals surface area contributed by atoms with E-state index in [2.05, 4.69) is 23.1 Å². The first-order chi connectivity index (χ1) is 19.6. The Morgan fingerprint density at radius 3 is 2.44 bits per heavy atom. The molecule has 11 nitrogen and oxygen atoms in total. The SMILES string of the molecule is C/C(=C(/C#N)S(=O)(=O)N[C@H]1C(O)O[C@H](CO)[C@@H](O)[C@@H]1O)c1ccc(-c2ccc3cc(N4CCCCC4)ccc3c2)o1. The third-order valence-corrected chi connectivity index (χ3v) is 9.22. The first kappa shape index (κ1) is 29.2. The van der Waals surface area contributed by atoms with Gasteiger partial charge in [0.2, 0.25) is 0 Å². The number of aliphatic hydroxyl groups excluding tert-OH is 4. The monoisotopic (exact) mass is 583 g/mol. The van der Waals surface area contributed by atoms with E-state index in [-0.39, 0.29) is 11.3 Å². The number of allylic oxidation sites excluding steroid dienone is 2. The predicted octanol–water partition coefficient (Wildman–Crippen LogP) is 2.06. The van der Waals surface area contributed by atoms with Crippen LogP contribution in [0.3, 0.4) is 0 Å². The van der Waals surface area contributed by atoms with Crippen LogP contribution in [-0.4, -0.2) is 79.2 Å². The van der Waals surface area contributed by atoms with Crippen LogP contribution in [0.4, 0.5) is 5.69 Å². The summed E-state index contributed by atoms with van der Waals surface area (Å²) in [5.74, 6) is 0.623. The van der Waals surface area contributed by atoms with Crippen molar-refractivity contribution in [3.05, 3.63) is 59.2 Å². The highest BCUT2D eigenvalue weighted by atomic mass is 32.2. The van der Waals surface area contributed by atoms with Crippen LogP contribution in [0, 0.1) is 11.3 Å². The molecule has 2 aliphatic rings. The number of aliphatic hydroxyl groups is 4. The van der Waals surface area contributed by atoms with Crippen molar-refractivity contribution in [2.75, 3.05) is 24.6 Å². The third-order valence-electron chi connectivity index (χ3n) is 7.71. The zero-order chi connectivity index (χ0) is 29.3. The number of nitrogens with one attached hydrogen (secondary N) is 1. The van der Waals surface area contributed by atoms with Gasteiger partial charge in [-0.3, -0.25) is 0 Å². The maximum atomic E-state index is 13.1. The lowest BCUT2D eigenvalue weighted by atomic mass is 9.98. The minimum atomic E-state index is -4.60. The zero-order valence-electron chi connectivity index (χ0n) is 22.5. The summed E-state index contributed by atoms with van der Waals surface area (Å²) in [6.07, 6.45) is -2.99. The second-order valence-electron chi connectivity index (χ2n) is 10.4. The van der Waals surface area contributed by atoms with E-state index in [0.29, 0.717) is 5.76 Å². The summed E-state index contributed by atoms with van der Waals surface area (Å²) in [6.45, 7) is 2.82. The molecular weight excluding hydrogens is 550 g/mol. The van der Waals surface area contributed by atoms with Crippen molar-refractivity contribution < 1.29 is 38.0 Å². The van der Waals surface area contributed by atoms with Crippen molar-refractivity contribution in [3.63, 3.8) is 0 Å². The van der Waals surface area contributed by atoms with Crippen LogP contribution < -0.4 is 9.62 Å². The number of ether oxygens (including phenoxy) is 1. The highest BCUT2D eigenvalue weighted by molar-refractivity contribution is 7.93. The van der Waals surface area contributed by atoms with Crippen molar-refractivity contribution >= 4 is 32.1 Å². The summed E-state index contributed by atoms with van der Waals surface area (Å²) in [6, 6.07) is 15.5. The topological polar surface area (TPSA) is 176 Å². The second-order valence-corrected chi connectivity index (χ2v) is 12.1. The van der Waals surface area contributed by atoms with Crippen LogP contribution in [0.25, 0.3) is 27.7 Å². The number of anilines is 1. The molecule has 2 saturated heterocycles. The lowest BCUT2D eigenvalue weighted by Crippen LogP contribution is -2.64. The van der Waals surface area contributed by atoms with E-state index in [4.69, 9.17) is 9.15 Å². The van der Waals surface area contributed by atoms with E-state index in [1.54, 1.807) is 18.2 Å². The Morgan fingerprint density at radius 1 is 1.02 bits per heavy atom. The summed E-state index contributed by atoms with van der Waals surface area (Å²) >= 11 is 0. The van der Waals surface area contributed by atoms with Gasteiger partial charge in [-0.2, -0.15) is 9.98 Å². The van der Waals surface area contributed by atoms with Gasteiger partial charge in [0, 0.05) is 29.9 Å². The number of nitrogens with zero attached hydrogens (tertiary/aromatic N) is 2. The van der Waals surface area contributed by atoms with Gasteiger partial charge in [0.25, 0.3) is 10.0 Å². The van der Waals surface area contributed by atoms with Crippen LogP contribution in [0.5, 0.6) is 0 Å². The quantitative estimate of drug-likeness (QED) is 0.259. The largest absolute Gasteiger partial charge is 0.456 e. The number of hydrogen-bond donors (Lipinski definition) is 5. The van der Waals surface area contributed by atoms with Gasteiger partial charge in [0.05, 0.1) is 6.61 Å². The Bertz CT molecular complexity index is 1590. The molecule has 218 valence electrons. The summed E-state index contributed by atoms with van der Waals surface area (Å²) in [5.41, 5.74) is 1.99. The molecule has 1 unspecified atom stereocenters. The molecule has 2 fully saturated rings. The molecule has 2 aromatic carbocycles. The molecule has 3 aromatic rings. The fraction of sp³-hybridized carbons (Fsp3) is 0.414. The Balaban J connectivity index is 1.38. The molecule has 2 aliphatic heterocycles. The molecule has 12 heteroatoms. The standard InChI is InChI=1S/C29H33N3O8S/c1-17(25(15-30)41(37,38)31-26-28(35)27(34)24(16-33)40-29(26)36)22-9-10-23(39-22)20-6-5-19-14-21(8-7-18(19)13-20)32-11-3-2-4-12-32/h5-10,13-14,24,26-29,31,33-36H,2-4,11-12,16H2,1H3/b25-17+/t24-,26-,27-,28-,29?/m1/s1. The van der Waals surface area contributed by atoms with Crippen LogP contribution in [-0.2, 0) is 14.8 Å². The molecule has 1 aromatic heterocycles. The van der Waals surface area contributed by atoms with Crippen molar-refractivity contribution in [1.29, 1.82) is 5.26 Å². The number of benzene rings is 2. The molecule has 0 bridgehead atoms. The lowest BCUT2D eigenvalue weighted by Gasteiger charge is -2.40.